The molecule has 2 radical (unpaired) electrons. The molecule has 1 saturated carbocycles. The zero-order valence-corrected chi connectivity index (χ0v) is 9.66. The smallest absolute Gasteiger partial charge is 0.0720 e. The molecule has 2 atom stereocenters. The molecule has 3 heteroatoms. The summed E-state index contributed by atoms with van der Waals surface area (Å²) in [6, 6.07) is 0.620. The lowest BCUT2D eigenvalue weighted by Crippen LogP contribution is -2.45. The van der Waals surface area contributed by atoms with E-state index in [1.807, 2.05) is 0 Å². The van der Waals surface area contributed by atoms with E-state index in [0.29, 0.717) is 11.9 Å². The van der Waals surface area contributed by atoms with Crippen molar-refractivity contribution in [2.24, 2.45) is 0 Å². The maximum Gasteiger partial charge on any atom is 0.0720 e. The van der Waals surface area contributed by atoms with E-state index in [1.54, 1.807) is 0 Å². The fourth-order valence-corrected chi connectivity index (χ4v) is 2.86. The number of ether oxygens (including phenoxy) is 1. The van der Waals surface area contributed by atoms with Crippen LogP contribution in [0.1, 0.15) is 38.5 Å². The topological polar surface area (TPSA) is 12.5 Å². The largest absolute Gasteiger partial charge is 0.379 e. The minimum atomic E-state index is 0.392. The molecule has 15 heavy (non-hydrogen) atoms. The van der Waals surface area contributed by atoms with Gasteiger partial charge in [-0.3, -0.25) is 4.90 Å². The molecule has 1 heterocycles. The van der Waals surface area contributed by atoms with Gasteiger partial charge in [-0.25, -0.2) is 0 Å². The quantitative estimate of drug-likeness (QED) is 0.610. The van der Waals surface area contributed by atoms with Crippen molar-refractivity contribution in [1.82, 2.24) is 4.90 Å². The van der Waals surface area contributed by atoms with Crippen LogP contribution in [0.5, 0.6) is 0 Å². The highest BCUT2D eigenvalue weighted by molar-refractivity contribution is 6.12. The minimum Gasteiger partial charge on any atom is -0.379 e. The van der Waals surface area contributed by atoms with Crippen molar-refractivity contribution in [3.05, 3.63) is 0 Å². The summed E-state index contributed by atoms with van der Waals surface area (Å²) in [5.41, 5.74) is 0. The van der Waals surface area contributed by atoms with Gasteiger partial charge in [-0.1, -0.05) is 37.9 Å². The Kier molecular flexibility index (Phi) is 4.51. The van der Waals surface area contributed by atoms with Crippen LogP contribution in [0.15, 0.2) is 0 Å². The van der Waals surface area contributed by atoms with E-state index in [4.69, 9.17) is 12.6 Å². The van der Waals surface area contributed by atoms with Crippen LogP contribution in [0.2, 0.25) is 5.82 Å². The second-order valence-electron chi connectivity index (χ2n) is 4.87. The van der Waals surface area contributed by atoms with E-state index >= 15 is 0 Å². The second-order valence-corrected chi connectivity index (χ2v) is 4.87. The molecule has 0 aromatic rings. The normalized spacial score (nSPS) is 35.7. The highest BCUT2D eigenvalue weighted by Crippen LogP contribution is 2.28. The van der Waals surface area contributed by atoms with Gasteiger partial charge in [-0.15, -0.1) is 0 Å². The number of morpholine rings is 1. The standard InChI is InChI=1S/C12H22BNO/c13-11-5-3-1-2-4-6-12(11)14-7-9-15-10-8-14/h11-12H,1-10H2/t11-,12-/m1/s1. The molecule has 1 aliphatic heterocycles. The molecule has 0 aromatic carbocycles. The van der Waals surface area contributed by atoms with Crippen LogP contribution >= 0.6 is 0 Å². The molecule has 84 valence electrons. The zero-order chi connectivity index (χ0) is 10.5. The molecule has 0 unspecified atom stereocenters. The Morgan fingerprint density at radius 2 is 1.60 bits per heavy atom. The lowest BCUT2D eigenvalue weighted by atomic mass is 9.73. The average molecular weight is 207 g/mol. The number of hydrogen-bond acceptors (Lipinski definition) is 2. The van der Waals surface area contributed by atoms with Crippen molar-refractivity contribution in [3.63, 3.8) is 0 Å². The Morgan fingerprint density at radius 1 is 0.933 bits per heavy atom. The molecule has 2 rings (SSSR count). The number of rotatable bonds is 1. The highest BCUT2D eigenvalue weighted by Gasteiger charge is 2.25. The van der Waals surface area contributed by atoms with Gasteiger partial charge in [0.1, 0.15) is 0 Å². The first-order valence-corrected chi connectivity index (χ1v) is 6.45. The van der Waals surface area contributed by atoms with Crippen molar-refractivity contribution in [1.29, 1.82) is 0 Å². The Morgan fingerprint density at radius 3 is 2.33 bits per heavy atom. The molecule has 0 N–H and O–H groups in total. The van der Waals surface area contributed by atoms with E-state index in [2.05, 4.69) is 4.90 Å². The van der Waals surface area contributed by atoms with Crippen molar-refractivity contribution < 1.29 is 4.74 Å². The van der Waals surface area contributed by atoms with E-state index in [1.165, 1.54) is 38.5 Å². The van der Waals surface area contributed by atoms with Crippen molar-refractivity contribution >= 4 is 7.85 Å². The maximum atomic E-state index is 6.30. The number of hydrogen-bond donors (Lipinski definition) is 0. The Labute approximate surface area is 94.8 Å². The van der Waals surface area contributed by atoms with E-state index in [0.717, 1.165) is 26.3 Å². The third-order valence-corrected chi connectivity index (χ3v) is 3.80. The predicted molar refractivity (Wildman–Crippen MR) is 63.4 cm³/mol. The third-order valence-electron chi connectivity index (χ3n) is 3.80. The summed E-state index contributed by atoms with van der Waals surface area (Å²) in [4.78, 5) is 2.56. The lowest BCUT2D eigenvalue weighted by Gasteiger charge is -2.39. The third kappa shape index (κ3) is 3.22. The van der Waals surface area contributed by atoms with Gasteiger partial charge >= 0.3 is 0 Å². The summed E-state index contributed by atoms with van der Waals surface area (Å²) in [5.74, 6) is 0.392. The Bertz CT molecular complexity index is 182. The molecule has 1 saturated heterocycles. The van der Waals surface area contributed by atoms with Crippen LogP contribution in [0, 0.1) is 0 Å². The van der Waals surface area contributed by atoms with Crippen LogP contribution < -0.4 is 0 Å². The fraction of sp³-hybridized carbons (Fsp3) is 1.00. The Hall–Kier alpha value is -0.0151. The first kappa shape index (κ1) is 11.5. The molecule has 2 fully saturated rings. The minimum absolute atomic E-state index is 0.392. The maximum absolute atomic E-state index is 6.30. The number of nitrogens with zero attached hydrogens (tertiary/aromatic N) is 1. The van der Waals surface area contributed by atoms with Crippen LogP contribution in [0.4, 0.5) is 0 Å². The molecule has 0 bridgehead atoms. The zero-order valence-electron chi connectivity index (χ0n) is 9.66. The van der Waals surface area contributed by atoms with Crippen molar-refractivity contribution in [2.75, 3.05) is 26.3 Å². The van der Waals surface area contributed by atoms with Gasteiger partial charge in [0, 0.05) is 19.1 Å². The predicted octanol–water partition coefficient (Wildman–Crippen LogP) is 2.00. The first-order valence-electron chi connectivity index (χ1n) is 6.45. The van der Waals surface area contributed by atoms with Crippen LogP contribution in [-0.4, -0.2) is 45.1 Å². The highest BCUT2D eigenvalue weighted by atomic mass is 16.5. The fourth-order valence-electron chi connectivity index (χ4n) is 2.86. The van der Waals surface area contributed by atoms with Crippen molar-refractivity contribution in [3.8, 4) is 0 Å². The van der Waals surface area contributed by atoms with E-state index in [-0.39, 0.29) is 0 Å². The summed E-state index contributed by atoms with van der Waals surface area (Å²) in [6.45, 7) is 3.95. The summed E-state index contributed by atoms with van der Waals surface area (Å²) in [6.07, 6.45) is 7.96. The van der Waals surface area contributed by atoms with Gasteiger partial charge < -0.3 is 4.74 Å². The van der Waals surface area contributed by atoms with Crippen molar-refractivity contribution in [2.45, 2.75) is 50.4 Å². The van der Waals surface area contributed by atoms with Gasteiger partial charge in [0.25, 0.3) is 0 Å². The summed E-state index contributed by atoms with van der Waals surface area (Å²) in [5, 5.41) is 0. The van der Waals surface area contributed by atoms with Gasteiger partial charge in [-0.05, 0) is 6.42 Å². The van der Waals surface area contributed by atoms with Gasteiger partial charge in [0.15, 0.2) is 0 Å². The molecule has 2 aliphatic rings. The van der Waals surface area contributed by atoms with E-state index < -0.39 is 0 Å². The molecule has 0 aromatic heterocycles. The second kappa shape index (κ2) is 5.90. The molecule has 1 aliphatic carbocycles. The first-order chi connectivity index (χ1) is 7.38. The lowest BCUT2D eigenvalue weighted by molar-refractivity contribution is 0.0113. The van der Waals surface area contributed by atoms with Crippen LogP contribution in [0.3, 0.4) is 0 Å². The van der Waals surface area contributed by atoms with E-state index in [9.17, 15) is 0 Å². The Balaban J connectivity index is 1.90. The van der Waals surface area contributed by atoms with Crippen LogP contribution in [0.25, 0.3) is 0 Å². The SMILES string of the molecule is [B][C@@H]1CCCCCC[C@H]1N1CCOCC1. The summed E-state index contributed by atoms with van der Waals surface area (Å²) in [7, 11) is 6.30. The molecular formula is C12H22BNO. The summed E-state index contributed by atoms with van der Waals surface area (Å²) >= 11 is 0. The van der Waals surface area contributed by atoms with Gasteiger partial charge in [0.2, 0.25) is 0 Å². The average Bonchev–Trinajstić information content (AvgIpc) is 2.25. The molecular weight excluding hydrogens is 185 g/mol. The summed E-state index contributed by atoms with van der Waals surface area (Å²) < 4.78 is 5.40. The molecule has 0 spiro atoms. The monoisotopic (exact) mass is 207 g/mol. The van der Waals surface area contributed by atoms with Gasteiger partial charge in [0.05, 0.1) is 21.1 Å². The van der Waals surface area contributed by atoms with Crippen LogP contribution in [-0.2, 0) is 4.74 Å². The van der Waals surface area contributed by atoms with Gasteiger partial charge in [-0.2, -0.15) is 0 Å². The molecule has 0 amide bonds. The molecule has 2 nitrogen and oxygen atoms in total.